The molecule has 0 radical (unpaired) electrons. The van der Waals surface area contributed by atoms with Crippen LogP contribution in [0.5, 0.6) is 0 Å². The minimum absolute atomic E-state index is 0.0836. The molecule has 1 fully saturated rings. The van der Waals surface area contributed by atoms with E-state index in [2.05, 4.69) is 33.8 Å². The number of aliphatic hydroxyl groups excluding tert-OH is 2. The smallest absolute Gasteiger partial charge is 0.109 e. The van der Waals surface area contributed by atoms with Gasteiger partial charge in [0.15, 0.2) is 0 Å². The highest BCUT2D eigenvalue weighted by molar-refractivity contribution is 5.42. The van der Waals surface area contributed by atoms with Gasteiger partial charge in [-0.15, -0.1) is 0 Å². The van der Waals surface area contributed by atoms with Crippen LogP contribution in [0, 0.1) is 23.2 Å². The Hall–Kier alpha value is -0.680. The first-order chi connectivity index (χ1) is 11.6. The highest BCUT2D eigenvalue weighted by atomic mass is 16.5. The van der Waals surface area contributed by atoms with Crippen LogP contribution in [0.3, 0.4) is 0 Å². The van der Waals surface area contributed by atoms with Crippen LogP contribution in [-0.2, 0) is 4.74 Å². The molecule has 3 N–H and O–H groups in total. The molecule has 0 aromatic rings. The fourth-order valence-electron chi connectivity index (χ4n) is 5.42. The molecule has 6 atom stereocenters. The number of fused-ring (bicyclic) bond motifs is 2. The van der Waals surface area contributed by atoms with Crippen molar-refractivity contribution in [1.82, 2.24) is 0 Å². The van der Waals surface area contributed by atoms with E-state index < -0.39 is 23.2 Å². The molecular weight excluding hydrogens is 316 g/mol. The average Bonchev–Trinajstić information content (AvgIpc) is 2.96. The third kappa shape index (κ3) is 2.91. The maximum Gasteiger partial charge on any atom is 0.109 e. The summed E-state index contributed by atoms with van der Waals surface area (Å²) in [6.07, 6.45) is 3.96. The topological polar surface area (TPSA) is 69.9 Å². The number of hydrogen-bond donors (Lipinski definition) is 3. The van der Waals surface area contributed by atoms with Crippen LogP contribution in [0.25, 0.3) is 0 Å². The Morgan fingerprint density at radius 2 is 1.96 bits per heavy atom. The Balaban J connectivity index is 2.17. The van der Waals surface area contributed by atoms with Gasteiger partial charge in [-0.05, 0) is 55.9 Å². The van der Waals surface area contributed by atoms with Gasteiger partial charge in [0.1, 0.15) is 5.60 Å². The van der Waals surface area contributed by atoms with Gasteiger partial charge in [0.05, 0.1) is 18.8 Å². The fourth-order valence-corrected chi connectivity index (χ4v) is 5.42. The van der Waals surface area contributed by atoms with E-state index in [1.807, 2.05) is 0 Å². The molecule has 3 aliphatic rings. The van der Waals surface area contributed by atoms with Crippen molar-refractivity contribution in [1.29, 1.82) is 0 Å². The Morgan fingerprint density at radius 1 is 1.28 bits per heavy atom. The van der Waals surface area contributed by atoms with Crippen molar-refractivity contribution >= 4 is 0 Å². The van der Waals surface area contributed by atoms with Crippen LogP contribution >= 0.6 is 0 Å². The first-order valence-corrected chi connectivity index (χ1v) is 9.67. The normalized spacial score (nSPS) is 46.5. The molecule has 1 saturated carbocycles. The van der Waals surface area contributed by atoms with Gasteiger partial charge < -0.3 is 20.1 Å². The third-order valence-corrected chi connectivity index (χ3v) is 7.14. The summed E-state index contributed by atoms with van der Waals surface area (Å²) in [7, 11) is 1.61. The Labute approximate surface area is 151 Å². The molecule has 0 spiro atoms. The molecule has 0 aliphatic heterocycles. The molecule has 142 valence electrons. The summed E-state index contributed by atoms with van der Waals surface area (Å²) in [6, 6.07) is 0. The lowest BCUT2D eigenvalue weighted by atomic mass is 9.68. The van der Waals surface area contributed by atoms with E-state index in [1.165, 1.54) is 11.1 Å². The number of ether oxygens (including phenoxy) is 1. The molecule has 4 heteroatoms. The lowest BCUT2D eigenvalue weighted by Crippen LogP contribution is -2.40. The van der Waals surface area contributed by atoms with Crippen molar-refractivity contribution in [2.24, 2.45) is 23.2 Å². The minimum atomic E-state index is -0.987. The van der Waals surface area contributed by atoms with Gasteiger partial charge in [-0.2, -0.15) is 0 Å². The summed E-state index contributed by atoms with van der Waals surface area (Å²) in [4.78, 5) is 0. The Kier molecular flexibility index (Phi) is 4.95. The van der Waals surface area contributed by atoms with E-state index in [0.29, 0.717) is 25.2 Å². The highest BCUT2D eigenvalue weighted by Crippen LogP contribution is 2.55. The Morgan fingerprint density at radius 3 is 2.56 bits per heavy atom. The lowest BCUT2D eigenvalue weighted by Gasteiger charge is -2.39. The predicted molar refractivity (Wildman–Crippen MR) is 98.0 cm³/mol. The average molecular weight is 350 g/mol. The summed E-state index contributed by atoms with van der Waals surface area (Å²) in [5, 5.41) is 33.1. The van der Waals surface area contributed by atoms with Crippen LogP contribution in [0.1, 0.15) is 53.4 Å². The number of rotatable bonds is 3. The van der Waals surface area contributed by atoms with Gasteiger partial charge in [0.2, 0.25) is 0 Å². The van der Waals surface area contributed by atoms with Crippen molar-refractivity contribution in [2.45, 2.75) is 71.2 Å². The molecule has 0 bridgehead atoms. The van der Waals surface area contributed by atoms with Crippen LogP contribution in [0.2, 0.25) is 0 Å². The van der Waals surface area contributed by atoms with Crippen LogP contribution < -0.4 is 0 Å². The predicted octanol–water partition coefficient (Wildman–Crippen LogP) is 2.82. The number of methoxy groups -OCH3 is 1. The van der Waals surface area contributed by atoms with Crippen molar-refractivity contribution in [3.8, 4) is 0 Å². The molecule has 25 heavy (non-hydrogen) atoms. The molecular formula is C21H34O4. The number of aliphatic hydroxyl groups is 3. The van der Waals surface area contributed by atoms with Crippen molar-refractivity contribution in [3.63, 3.8) is 0 Å². The first kappa shape index (κ1) is 19.1. The second-order valence-corrected chi connectivity index (χ2v) is 9.00. The monoisotopic (exact) mass is 350 g/mol. The van der Waals surface area contributed by atoms with Gasteiger partial charge in [-0.1, -0.05) is 38.0 Å². The molecule has 0 aromatic heterocycles. The van der Waals surface area contributed by atoms with E-state index >= 15 is 0 Å². The molecule has 0 saturated heterocycles. The van der Waals surface area contributed by atoms with Crippen molar-refractivity contribution < 1.29 is 20.1 Å². The lowest BCUT2D eigenvalue weighted by molar-refractivity contribution is -0.00253. The van der Waals surface area contributed by atoms with E-state index in [-0.39, 0.29) is 18.4 Å². The Bertz CT molecular complexity index is 593. The van der Waals surface area contributed by atoms with Crippen molar-refractivity contribution in [2.75, 3.05) is 13.7 Å². The molecule has 3 aliphatic carbocycles. The zero-order chi connectivity index (χ0) is 18.6. The van der Waals surface area contributed by atoms with Crippen LogP contribution in [0.15, 0.2) is 22.8 Å². The molecule has 3 rings (SSSR count). The van der Waals surface area contributed by atoms with Gasteiger partial charge in [-0.25, -0.2) is 0 Å². The van der Waals surface area contributed by atoms with Gasteiger partial charge in [0, 0.05) is 12.5 Å². The molecule has 4 nitrogen and oxygen atoms in total. The molecule has 0 amide bonds. The van der Waals surface area contributed by atoms with Crippen LogP contribution in [0.4, 0.5) is 0 Å². The minimum Gasteiger partial charge on any atom is -0.392 e. The molecule has 1 unspecified atom stereocenters. The quantitative estimate of drug-likeness (QED) is 0.685. The van der Waals surface area contributed by atoms with E-state index in [9.17, 15) is 15.3 Å². The van der Waals surface area contributed by atoms with Gasteiger partial charge >= 0.3 is 0 Å². The zero-order valence-corrected chi connectivity index (χ0v) is 16.2. The van der Waals surface area contributed by atoms with Gasteiger partial charge in [0.25, 0.3) is 0 Å². The SMILES string of the molecule is COC[C@@]1(O)CC[C@@H]2/C1=C\C1(C)C(=C(C(C)C)C[C@@H]1O)C[C@H](O)[C@@H]2C. The van der Waals surface area contributed by atoms with E-state index in [0.717, 1.165) is 12.0 Å². The summed E-state index contributed by atoms with van der Waals surface area (Å²) >= 11 is 0. The standard InChI is InChI=1S/C21H34O4/c1-12(2)15-8-19(23)20(4)10-17-14(6-7-21(17,24)11-25-5)13(3)18(22)9-16(15)20/h10,12-14,18-19,22-24H,6-9,11H2,1-5H3/b17-10+/t13-,14+,18+,19+,20?,21+/m1/s1. The maximum absolute atomic E-state index is 11.2. The van der Waals surface area contributed by atoms with Crippen molar-refractivity contribution in [3.05, 3.63) is 22.8 Å². The second-order valence-electron chi connectivity index (χ2n) is 9.00. The summed E-state index contributed by atoms with van der Waals surface area (Å²) in [5.41, 5.74) is 1.90. The highest BCUT2D eigenvalue weighted by Gasteiger charge is 2.52. The zero-order valence-electron chi connectivity index (χ0n) is 16.2. The molecule has 0 aromatic carbocycles. The van der Waals surface area contributed by atoms with Gasteiger partial charge in [-0.3, -0.25) is 0 Å². The fraction of sp³-hybridized carbons (Fsp3) is 0.810. The van der Waals surface area contributed by atoms with Crippen LogP contribution in [-0.4, -0.2) is 46.8 Å². The second kappa shape index (κ2) is 6.49. The summed E-state index contributed by atoms with van der Waals surface area (Å²) in [6.45, 7) is 8.73. The third-order valence-electron chi connectivity index (χ3n) is 7.14. The summed E-state index contributed by atoms with van der Waals surface area (Å²) in [5.74, 6) is 0.577. The summed E-state index contributed by atoms with van der Waals surface area (Å²) < 4.78 is 5.31. The number of hydrogen-bond acceptors (Lipinski definition) is 4. The first-order valence-electron chi connectivity index (χ1n) is 9.67. The van der Waals surface area contributed by atoms with E-state index in [4.69, 9.17) is 4.74 Å². The van der Waals surface area contributed by atoms with E-state index in [1.54, 1.807) is 7.11 Å². The molecule has 0 heterocycles. The maximum atomic E-state index is 11.2. The largest absolute Gasteiger partial charge is 0.392 e.